The Balaban J connectivity index is 0.000000190. The van der Waals surface area contributed by atoms with E-state index in [9.17, 15) is 9.59 Å². The second kappa shape index (κ2) is 20.4. The first-order chi connectivity index (χ1) is 24.0. The third-order valence-electron chi connectivity index (χ3n) is 7.49. The fourth-order valence-electron chi connectivity index (χ4n) is 4.32. The predicted octanol–water partition coefficient (Wildman–Crippen LogP) is 11.7. The molecule has 4 heteroatoms. The highest BCUT2D eigenvalue weighted by Gasteiger charge is 2.05. The van der Waals surface area contributed by atoms with Crippen molar-refractivity contribution in [1.82, 2.24) is 0 Å². The number of rotatable bonds is 5. The molecule has 254 valence electrons. The summed E-state index contributed by atoms with van der Waals surface area (Å²) in [6.07, 6.45) is 4.29. The first-order valence-electron chi connectivity index (χ1n) is 16.6. The van der Waals surface area contributed by atoms with Crippen molar-refractivity contribution in [2.75, 3.05) is 5.32 Å². The molecule has 0 radical (unpaired) electrons. The third kappa shape index (κ3) is 14.8. The highest BCUT2D eigenvalue weighted by Crippen LogP contribution is 2.12. The topological polar surface area (TPSA) is 66.4 Å². The zero-order valence-electron chi connectivity index (χ0n) is 29.9. The van der Waals surface area contributed by atoms with Gasteiger partial charge in [-0.3, -0.25) is 4.79 Å². The highest BCUT2D eigenvalue weighted by atomic mass is 16.4. The average Bonchev–Trinajstić information content (AvgIpc) is 3.11. The van der Waals surface area contributed by atoms with Crippen LogP contribution in [0.15, 0.2) is 152 Å². The van der Waals surface area contributed by atoms with Gasteiger partial charge in [-0.15, -0.1) is 0 Å². The molecule has 1 amide bonds. The first kappa shape index (κ1) is 38.4. The summed E-state index contributed by atoms with van der Waals surface area (Å²) < 4.78 is 0. The lowest BCUT2D eigenvalue weighted by Crippen LogP contribution is -2.11. The molecule has 6 aromatic carbocycles. The number of aromatic carboxylic acids is 1. The van der Waals surface area contributed by atoms with E-state index in [1.165, 1.54) is 33.4 Å². The number of nitrogens with one attached hydrogen (secondary N) is 1. The number of carboxylic acids is 1. The standard InChI is InChI=1S/C16H16.C15H15NO.C8H8O2.C7H8/c1-13-3-7-15(8-4-13)11-12-16-9-5-14(2)6-10-16;1-11-3-7-13(8-4-11)15(17)16-14-9-5-12(2)6-10-14;1-6-2-4-7(5-3-6)8(9)10;1-7-5-3-2-4-6-7/h3-12H,1-2H3;3-10H,1-2H3,(H,16,17);2-5H,1H3,(H,9,10);2-6H,1H3/b12-11+;;;. The maximum Gasteiger partial charge on any atom is 0.335 e. The van der Waals surface area contributed by atoms with Crippen LogP contribution in [0.25, 0.3) is 12.2 Å². The Labute approximate surface area is 297 Å². The maximum atomic E-state index is 11.9. The van der Waals surface area contributed by atoms with E-state index in [1.807, 2.05) is 87.5 Å². The number of hydrogen-bond acceptors (Lipinski definition) is 2. The first-order valence-corrected chi connectivity index (χ1v) is 16.6. The molecule has 50 heavy (non-hydrogen) atoms. The molecule has 0 aromatic heterocycles. The number of carbonyl (C=O) groups is 2. The summed E-state index contributed by atoms with van der Waals surface area (Å²) in [5.41, 5.74) is 11.6. The number of carboxylic acid groups (broad SMARTS) is 1. The van der Waals surface area contributed by atoms with Crippen LogP contribution >= 0.6 is 0 Å². The van der Waals surface area contributed by atoms with Crippen molar-refractivity contribution in [3.63, 3.8) is 0 Å². The van der Waals surface area contributed by atoms with E-state index in [-0.39, 0.29) is 5.91 Å². The molecular formula is C46H47NO3. The Bertz CT molecular complexity index is 1860. The van der Waals surface area contributed by atoms with Crippen LogP contribution in [0.3, 0.4) is 0 Å². The second-order valence-corrected chi connectivity index (χ2v) is 12.2. The van der Waals surface area contributed by atoms with Crippen LogP contribution in [0, 0.1) is 41.5 Å². The summed E-state index contributed by atoms with van der Waals surface area (Å²) in [6.45, 7) is 12.2. The molecule has 0 saturated carbocycles. The highest BCUT2D eigenvalue weighted by molar-refractivity contribution is 6.04. The molecule has 0 aliphatic carbocycles. The van der Waals surface area contributed by atoms with E-state index in [0.717, 1.165) is 16.8 Å². The second-order valence-electron chi connectivity index (χ2n) is 12.2. The number of aryl methyl sites for hydroxylation is 6. The minimum absolute atomic E-state index is 0.0751. The molecule has 0 spiro atoms. The number of hydrogen-bond donors (Lipinski definition) is 2. The summed E-state index contributed by atoms with van der Waals surface area (Å²) >= 11 is 0. The van der Waals surface area contributed by atoms with Gasteiger partial charge >= 0.3 is 5.97 Å². The molecule has 6 rings (SSSR count). The minimum Gasteiger partial charge on any atom is -0.478 e. The molecule has 0 bridgehead atoms. The Morgan fingerprint density at radius 1 is 0.420 bits per heavy atom. The minimum atomic E-state index is -0.875. The third-order valence-corrected chi connectivity index (χ3v) is 7.49. The summed E-state index contributed by atoms with van der Waals surface area (Å²) in [5.74, 6) is -0.950. The summed E-state index contributed by atoms with van der Waals surface area (Å²) in [7, 11) is 0. The van der Waals surface area contributed by atoms with Gasteiger partial charge in [0.1, 0.15) is 0 Å². The van der Waals surface area contributed by atoms with Crippen molar-refractivity contribution >= 4 is 29.7 Å². The van der Waals surface area contributed by atoms with Gasteiger partial charge in [0.25, 0.3) is 5.91 Å². The Morgan fingerprint density at radius 2 is 0.740 bits per heavy atom. The van der Waals surface area contributed by atoms with Crippen molar-refractivity contribution in [3.8, 4) is 0 Å². The Kier molecular flexibility index (Phi) is 15.7. The molecule has 6 aromatic rings. The van der Waals surface area contributed by atoms with Crippen LogP contribution in [0.1, 0.15) is 65.2 Å². The van der Waals surface area contributed by atoms with Gasteiger partial charge in [0.2, 0.25) is 0 Å². The zero-order valence-corrected chi connectivity index (χ0v) is 29.9. The number of amides is 1. The van der Waals surface area contributed by atoms with Crippen molar-refractivity contribution in [2.24, 2.45) is 0 Å². The number of carbonyl (C=O) groups excluding carboxylic acids is 1. The van der Waals surface area contributed by atoms with Gasteiger partial charge in [-0.1, -0.05) is 161 Å². The SMILES string of the molecule is Cc1ccc(/C=C/c2ccc(C)cc2)cc1.Cc1ccc(C(=O)O)cc1.Cc1ccc(NC(=O)c2ccc(C)cc2)cc1.Cc1ccccc1. The van der Waals surface area contributed by atoms with Crippen molar-refractivity contribution in [2.45, 2.75) is 41.5 Å². The molecule has 0 aliphatic heterocycles. The van der Waals surface area contributed by atoms with Crippen LogP contribution in [-0.4, -0.2) is 17.0 Å². The monoisotopic (exact) mass is 661 g/mol. The van der Waals surface area contributed by atoms with E-state index in [0.29, 0.717) is 11.1 Å². The maximum absolute atomic E-state index is 11.9. The number of benzene rings is 6. The quantitative estimate of drug-likeness (QED) is 0.181. The zero-order chi connectivity index (χ0) is 36.3. The predicted molar refractivity (Wildman–Crippen MR) is 211 cm³/mol. The van der Waals surface area contributed by atoms with E-state index < -0.39 is 5.97 Å². The fourth-order valence-corrected chi connectivity index (χ4v) is 4.32. The largest absolute Gasteiger partial charge is 0.478 e. The number of anilines is 1. The molecule has 0 unspecified atom stereocenters. The summed E-state index contributed by atoms with van der Waals surface area (Å²) in [4.78, 5) is 22.2. The van der Waals surface area contributed by atoms with Gasteiger partial charge in [-0.05, 0) is 89.1 Å². The van der Waals surface area contributed by atoms with Gasteiger partial charge in [0.05, 0.1) is 5.56 Å². The lowest BCUT2D eigenvalue weighted by molar-refractivity contribution is 0.0696. The molecule has 4 nitrogen and oxygen atoms in total. The van der Waals surface area contributed by atoms with Crippen LogP contribution in [0.4, 0.5) is 5.69 Å². The van der Waals surface area contributed by atoms with Crippen molar-refractivity contribution < 1.29 is 14.7 Å². The van der Waals surface area contributed by atoms with Gasteiger partial charge in [0, 0.05) is 11.3 Å². The van der Waals surface area contributed by atoms with Gasteiger partial charge in [0.15, 0.2) is 0 Å². The van der Waals surface area contributed by atoms with E-state index >= 15 is 0 Å². The van der Waals surface area contributed by atoms with Gasteiger partial charge in [-0.25, -0.2) is 4.79 Å². The van der Waals surface area contributed by atoms with Crippen LogP contribution in [0.5, 0.6) is 0 Å². The van der Waals surface area contributed by atoms with Crippen LogP contribution in [-0.2, 0) is 0 Å². The molecule has 0 aliphatic rings. The molecule has 0 fully saturated rings. The van der Waals surface area contributed by atoms with Crippen molar-refractivity contribution in [1.29, 1.82) is 0 Å². The summed E-state index contributed by atoms with van der Waals surface area (Å²) in [6, 6.07) is 49.4. The average molecular weight is 662 g/mol. The smallest absolute Gasteiger partial charge is 0.335 e. The Hall–Kier alpha value is -6.00. The fraction of sp³-hybridized carbons (Fsp3) is 0.130. The van der Waals surface area contributed by atoms with E-state index in [4.69, 9.17) is 5.11 Å². The van der Waals surface area contributed by atoms with Gasteiger partial charge < -0.3 is 10.4 Å². The molecule has 0 saturated heterocycles. The molecule has 0 heterocycles. The Morgan fingerprint density at radius 3 is 1.08 bits per heavy atom. The lowest BCUT2D eigenvalue weighted by atomic mass is 10.1. The molecule has 2 N–H and O–H groups in total. The normalized spacial score (nSPS) is 9.96. The van der Waals surface area contributed by atoms with Crippen LogP contribution in [0.2, 0.25) is 0 Å². The van der Waals surface area contributed by atoms with Crippen LogP contribution < -0.4 is 5.32 Å². The lowest BCUT2D eigenvalue weighted by Gasteiger charge is -2.05. The summed E-state index contributed by atoms with van der Waals surface area (Å²) in [5, 5.41) is 11.3. The molecule has 0 atom stereocenters. The molecular weight excluding hydrogens is 615 g/mol. The van der Waals surface area contributed by atoms with Gasteiger partial charge in [-0.2, -0.15) is 0 Å². The van der Waals surface area contributed by atoms with E-state index in [2.05, 4.69) is 98.9 Å². The van der Waals surface area contributed by atoms with E-state index in [1.54, 1.807) is 24.3 Å². The van der Waals surface area contributed by atoms with Crippen molar-refractivity contribution in [3.05, 3.63) is 207 Å².